The van der Waals surface area contributed by atoms with Gasteiger partial charge in [-0.05, 0) is 44.0 Å². The van der Waals surface area contributed by atoms with Crippen LogP contribution >= 0.6 is 0 Å². The van der Waals surface area contributed by atoms with Crippen LogP contribution in [0.4, 0.5) is 13.2 Å². The summed E-state index contributed by atoms with van der Waals surface area (Å²) in [6, 6.07) is 5.41. The van der Waals surface area contributed by atoms with E-state index in [1.165, 1.54) is 24.8 Å². The van der Waals surface area contributed by atoms with Gasteiger partial charge in [0.15, 0.2) is 9.84 Å². The quantitative estimate of drug-likeness (QED) is 0.513. The lowest BCUT2D eigenvalue weighted by atomic mass is 9.90. The van der Waals surface area contributed by atoms with Crippen LogP contribution < -0.4 is 0 Å². The molecular formula is C22H29F3N2O6S2. The smallest absolute Gasteiger partial charge is 0.372 e. The molecule has 0 amide bonds. The molecule has 1 fully saturated rings. The summed E-state index contributed by atoms with van der Waals surface area (Å²) in [5.41, 5.74) is -0.875. The van der Waals surface area contributed by atoms with Gasteiger partial charge in [-0.3, -0.25) is 0 Å². The molecule has 0 spiro atoms. The van der Waals surface area contributed by atoms with Crippen LogP contribution in [-0.2, 0) is 48.3 Å². The summed E-state index contributed by atoms with van der Waals surface area (Å²) in [5.74, 6) is -0.140. The summed E-state index contributed by atoms with van der Waals surface area (Å²) in [4.78, 5) is -0.401. The van der Waals surface area contributed by atoms with Gasteiger partial charge in [-0.15, -0.1) is 0 Å². The van der Waals surface area contributed by atoms with Gasteiger partial charge in [0, 0.05) is 19.1 Å². The molecule has 1 aromatic carbocycles. The van der Waals surface area contributed by atoms with Crippen LogP contribution in [0, 0.1) is 0 Å². The number of aromatic nitrogens is 2. The number of alkyl halides is 3. The first-order valence-electron chi connectivity index (χ1n) is 10.8. The maximum absolute atomic E-state index is 13.5. The van der Waals surface area contributed by atoms with Gasteiger partial charge in [0.05, 0.1) is 32.3 Å². The van der Waals surface area contributed by atoms with Crippen molar-refractivity contribution in [1.82, 2.24) is 9.78 Å². The van der Waals surface area contributed by atoms with E-state index in [4.69, 9.17) is 9.47 Å². The molecule has 0 radical (unpaired) electrons. The van der Waals surface area contributed by atoms with E-state index in [2.05, 4.69) is 5.10 Å². The molecule has 13 heteroatoms. The van der Waals surface area contributed by atoms with Crippen molar-refractivity contribution in [2.75, 3.05) is 19.5 Å². The van der Waals surface area contributed by atoms with E-state index in [1.807, 2.05) is 0 Å². The maximum atomic E-state index is 13.5. The standard InChI is InChI=1S/C22H29F3N2O6S2/c1-20(2,13-34(28)29)19-11-17(27(26-19)14-32-4)18-12-21(3,8-9-33-18)35(30,31)16-7-5-6-15(10-16)22(23,24)25/h5-7,10-11,18,34H,8-9,12-14H2,1-4H3. The molecule has 2 atom stereocenters. The minimum absolute atomic E-state index is 0.0197. The molecule has 2 aromatic rings. The fraction of sp³-hybridized carbons (Fsp3) is 0.591. The van der Waals surface area contributed by atoms with Gasteiger partial charge in [0.2, 0.25) is 0 Å². The van der Waals surface area contributed by atoms with Gasteiger partial charge in [-0.25, -0.2) is 21.5 Å². The van der Waals surface area contributed by atoms with E-state index in [0.29, 0.717) is 17.5 Å². The summed E-state index contributed by atoms with van der Waals surface area (Å²) >= 11 is 0. The zero-order chi connectivity index (χ0) is 26.2. The summed E-state index contributed by atoms with van der Waals surface area (Å²) in [7, 11) is -5.39. The average Bonchev–Trinajstić information content (AvgIpc) is 3.18. The van der Waals surface area contributed by atoms with Crippen LogP contribution in [-0.4, -0.2) is 50.8 Å². The van der Waals surface area contributed by atoms with Crippen molar-refractivity contribution in [3.8, 4) is 0 Å². The van der Waals surface area contributed by atoms with E-state index in [9.17, 15) is 30.0 Å². The van der Waals surface area contributed by atoms with E-state index in [-0.39, 0.29) is 31.9 Å². The lowest BCUT2D eigenvalue weighted by Crippen LogP contribution is -2.42. The highest BCUT2D eigenvalue weighted by molar-refractivity contribution is 7.92. The molecule has 1 aliphatic rings. The minimum Gasteiger partial charge on any atom is -0.372 e. The third-order valence-electron chi connectivity index (χ3n) is 6.30. The van der Waals surface area contributed by atoms with Crippen molar-refractivity contribution < 1.29 is 39.5 Å². The monoisotopic (exact) mass is 538 g/mol. The average molecular weight is 539 g/mol. The van der Waals surface area contributed by atoms with Crippen molar-refractivity contribution in [3.63, 3.8) is 0 Å². The van der Waals surface area contributed by atoms with Crippen molar-refractivity contribution in [3.05, 3.63) is 47.3 Å². The van der Waals surface area contributed by atoms with Crippen LogP contribution in [0.3, 0.4) is 0 Å². The molecule has 2 heterocycles. The fourth-order valence-corrected chi connectivity index (χ4v) is 6.82. The molecule has 2 unspecified atom stereocenters. The van der Waals surface area contributed by atoms with Crippen LogP contribution in [0.2, 0.25) is 0 Å². The lowest BCUT2D eigenvalue weighted by molar-refractivity contribution is -0.137. The number of nitrogens with zero attached hydrogens (tertiary/aromatic N) is 2. The first-order chi connectivity index (χ1) is 16.1. The molecule has 0 N–H and O–H groups in total. The Bertz CT molecular complexity index is 1250. The number of benzene rings is 1. The second kappa shape index (κ2) is 9.83. The Labute approximate surface area is 204 Å². The molecular weight excluding hydrogens is 509 g/mol. The molecule has 35 heavy (non-hydrogen) atoms. The Balaban J connectivity index is 1.99. The highest BCUT2D eigenvalue weighted by atomic mass is 32.2. The number of halogens is 3. The number of methoxy groups -OCH3 is 1. The zero-order valence-corrected chi connectivity index (χ0v) is 21.5. The molecule has 1 saturated heterocycles. The van der Waals surface area contributed by atoms with Gasteiger partial charge in [-0.1, -0.05) is 19.9 Å². The number of hydrogen-bond acceptors (Lipinski definition) is 7. The van der Waals surface area contributed by atoms with E-state index in [1.54, 1.807) is 19.9 Å². The van der Waals surface area contributed by atoms with Crippen molar-refractivity contribution in [2.24, 2.45) is 0 Å². The zero-order valence-electron chi connectivity index (χ0n) is 19.8. The first kappa shape index (κ1) is 27.6. The Hall–Kier alpha value is -1.96. The van der Waals surface area contributed by atoms with Crippen molar-refractivity contribution in [1.29, 1.82) is 0 Å². The van der Waals surface area contributed by atoms with Crippen LogP contribution in [0.5, 0.6) is 0 Å². The second-order valence-corrected chi connectivity index (χ2v) is 13.0. The highest BCUT2D eigenvalue weighted by Gasteiger charge is 2.46. The van der Waals surface area contributed by atoms with Crippen LogP contribution in [0.25, 0.3) is 0 Å². The number of ether oxygens (including phenoxy) is 2. The fourth-order valence-electron chi connectivity index (χ4n) is 4.18. The van der Waals surface area contributed by atoms with Gasteiger partial charge >= 0.3 is 6.18 Å². The third-order valence-corrected chi connectivity index (χ3v) is 9.89. The van der Waals surface area contributed by atoms with Crippen LogP contribution in [0.1, 0.15) is 56.7 Å². The van der Waals surface area contributed by atoms with Crippen molar-refractivity contribution in [2.45, 2.75) is 67.7 Å². The predicted molar refractivity (Wildman–Crippen MR) is 122 cm³/mol. The number of hydrogen-bond donors (Lipinski definition) is 1. The van der Waals surface area contributed by atoms with Gasteiger partial charge in [0.1, 0.15) is 23.5 Å². The SMILES string of the molecule is COCn1nc(C(C)(C)C[SH](=O)=O)cc1C1CC(C)(S(=O)(=O)c2cccc(C(F)(F)F)c2)CCO1. The van der Waals surface area contributed by atoms with E-state index >= 15 is 0 Å². The molecule has 0 saturated carbocycles. The first-order valence-corrected chi connectivity index (χ1v) is 13.7. The van der Waals surface area contributed by atoms with Crippen molar-refractivity contribution >= 4 is 20.5 Å². The molecule has 8 nitrogen and oxygen atoms in total. The van der Waals surface area contributed by atoms with E-state index < -0.39 is 53.4 Å². The third kappa shape index (κ3) is 5.73. The minimum atomic E-state index is -4.67. The number of rotatable bonds is 8. The Morgan fingerprint density at radius 3 is 2.54 bits per heavy atom. The summed E-state index contributed by atoms with van der Waals surface area (Å²) in [6.45, 7) is 5.03. The Morgan fingerprint density at radius 1 is 1.26 bits per heavy atom. The summed E-state index contributed by atoms with van der Waals surface area (Å²) < 4.78 is 100. The molecule has 0 bridgehead atoms. The Kier molecular flexibility index (Phi) is 7.76. The lowest BCUT2D eigenvalue weighted by Gasteiger charge is -2.37. The highest BCUT2D eigenvalue weighted by Crippen LogP contribution is 2.43. The van der Waals surface area contributed by atoms with E-state index in [0.717, 1.165) is 12.1 Å². The molecule has 1 aromatic heterocycles. The molecule has 0 aliphatic carbocycles. The van der Waals surface area contributed by atoms with Crippen LogP contribution in [0.15, 0.2) is 35.2 Å². The summed E-state index contributed by atoms with van der Waals surface area (Å²) in [6.07, 6.45) is -5.36. The maximum Gasteiger partial charge on any atom is 0.416 e. The number of thiol groups is 1. The van der Waals surface area contributed by atoms with Gasteiger partial charge in [-0.2, -0.15) is 18.3 Å². The number of sulfone groups is 1. The normalized spacial score (nSPS) is 22.0. The van der Waals surface area contributed by atoms with Gasteiger partial charge < -0.3 is 9.47 Å². The largest absolute Gasteiger partial charge is 0.416 e. The molecule has 3 rings (SSSR count). The second-order valence-electron chi connectivity index (χ2n) is 9.54. The Morgan fingerprint density at radius 2 is 1.94 bits per heavy atom. The summed E-state index contributed by atoms with van der Waals surface area (Å²) in [5, 5.41) is 4.48. The molecule has 1 aliphatic heterocycles. The molecule has 196 valence electrons. The topological polar surface area (TPSA) is 105 Å². The van der Waals surface area contributed by atoms with Gasteiger partial charge in [0.25, 0.3) is 0 Å². The predicted octanol–water partition coefficient (Wildman–Crippen LogP) is 3.48.